The van der Waals surface area contributed by atoms with Crippen LogP contribution in [-0.4, -0.2) is 49.4 Å². The summed E-state index contributed by atoms with van der Waals surface area (Å²) in [6.45, 7) is 2.73. The van der Waals surface area contributed by atoms with Crippen molar-refractivity contribution in [2.24, 2.45) is 0 Å². The van der Waals surface area contributed by atoms with Gasteiger partial charge < -0.3 is 15.1 Å². The van der Waals surface area contributed by atoms with Gasteiger partial charge in [-0.3, -0.25) is 9.59 Å². The summed E-state index contributed by atoms with van der Waals surface area (Å²) in [5.41, 5.74) is 2.08. The van der Waals surface area contributed by atoms with Gasteiger partial charge in [-0.15, -0.1) is 0 Å². The first kappa shape index (κ1) is 24.0. The summed E-state index contributed by atoms with van der Waals surface area (Å²) < 4.78 is 31.5. The molecular formula is C25H29N3O5S. The minimum atomic E-state index is -3.19. The third kappa shape index (κ3) is 5.84. The second-order valence-corrected chi connectivity index (χ2v) is 10.6. The minimum Gasteiger partial charge on any atom is -0.451 e. The van der Waals surface area contributed by atoms with Gasteiger partial charge in [0.25, 0.3) is 5.91 Å². The summed E-state index contributed by atoms with van der Waals surface area (Å²) in [4.78, 5) is 24.9. The summed E-state index contributed by atoms with van der Waals surface area (Å²) in [5, 5.41) is 6.68. The predicted octanol–water partition coefficient (Wildman–Crippen LogP) is 3.55. The highest BCUT2D eigenvalue weighted by molar-refractivity contribution is 7.89. The zero-order chi connectivity index (χ0) is 24.1. The molecule has 0 bridgehead atoms. The van der Waals surface area contributed by atoms with E-state index in [-0.39, 0.29) is 35.8 Å². The van der Waals surface area contributed by atoms with Crippen LogP contribution < -0.4 is 10.6 Å². The number of rotatable bonds is 8. The van der Waals surface area contributed by atoms with E-state index < -0.39 is 10.0 Å². The molecule has 1 saturated heterocycles. The Bertz CT molecular complexity index is 1230. The molecule has 3 aromatic rings. The molecule has 0 radical (unpaired) electrons. The molecule has 1 aliphatic rings. The van der Waals surface area contributed by atoms with Crippen molar-refractivity contribution >= 4 is 38.5 Å². The second-order valence-electron chi connectivity index (χ2n) is 8.53. The summed E-state index contributed by atoms with van der Waals surface area (Å²) in [6, 6.07) is 16.2. The average molecular weight is 484 g/mol. The lowest BCUT2D eigenvalue weighted by Gasteiger charge is -2.31. The number of para-hydroxylation sites is 1. The van der Waals surface area contributed by atoms with Gasteiger partial charge in [0, 0.05) is 30.2 Å². The van der Waals surface area contributed by atoms with Gasteiger partial charge >= 0.3 is 0 Å². The first-order valence-electron chi connectivity index (χ1n) is 11.5. The Morgan fingerprint density at radius 2 is 1.76 bits per heavy atom. The van der Waals surface area contributed by atoms with Crippen LogP contribution in [0.5, 0.6) is 0 Å². The molecule has 9 heteroatoms. The number of hydrogen-bond acceptors (Lipinski definition) is 5. The van der Waals surface area contributed by atoms with Crippen molar-refractivity contribution in [2.75, 3.05) is 24.2 Å². The van der Waals surface area contributed by atoms with Gasteiger partial charge in [-0.2, -0.15) is 0 Å². The van der Waals surface area contributed by atoms with Crippen LogP contribution in [0.2, 0.25) is 0 Å². The van der Waals surface area contributed by atoms with Crippen LogP contribution in [0, 0.1) is 0 Å². The smallest absolute Gasteiger partial charge is 0.291 e. The van der Waals surface area contributed by atoms with Crippen LogP contribution in [-0.2, 0) is 21.2 Å². The van der Waals surface area contributed by atoms with E-state index in [0.29, 0.717) is 43.6 Å². The lowest BCUT2D eigenvalue weighted by Crippen LogP contribution is -2.47. The Hall–Kier alpha value is -3.17. The van der Waals surface area contributed by atoms with Gasteiger partial charge in [0.1, 0.15) is 5.58 Å². The molecule has 180 valence electrons. The molecule has 2 aromatic carbocycles. The SMILES string of the molecule is CCCS(=O)(=O)N1CCC(NC(=O)Cc2ccc(NC(=O)c3cc4ccccc4o3)cc2)CC1. The monoisotopic (exact) mass is 483 g/mol. The van der Waals surface area contributed by atoms with Gasteiger partial charge in [-0.1, -0.05) is 37.3 Å². The van der Waals surface area contributed by atoms with E-state index in [1.165, 1.54) is 4.31 Å². The molecule has 0 unspecified atom stereocenters. The molecule has 2 amide bonds. The molecular weight excluding hydrogens is 454 g/mol. The maximum absolute atomic E-state index is 12.5. The standard InChI is InChI=1S/C25H29N3O5S/c1-2-15-34(31,32)28-13-11-21(12-14-28)26-24(29)16-18-7-9-20(10-8-18)27-25(30)23-17-19-5-3-4-6-22(19)33-23/h3-10,17,21H,2,11-16H2,1H3,(H,26,29)(H,27,30). The minimum absolute atomic E-state index is 0.0250. The summed E-state index contributed by atoms with van der Waals surface area (Å²) in [5.74, 6) is -0.0419. The highest BCUT2D eigenvalue weighted by Crippen LogP contribution is 2.20. The topological polar surface area (TPSA) is 109 Å². The summed E-state index contributed by atoms with van der Waals surface area (Å²) in [6.07, 6.45) is 2.04. The molecule has 0 saturated carbocycles. The van der Waals surface area contributed by atoms with E-state index in [1.54, 1.807) is 30.3 Å². The maximum atomic E-state index is 12.5. The van der Waals surface area contributed by atoms with Crippen molar-refractivity contribution in [3.05, 3.63) is 65.9 Å². The van der Waals surface area contributed by atoms with Crippen molar-refractivity contribution in [3.63, 3.8) is 0 Å². The number of sulfonamides is 1. The lowest BCUT2D eigenvalue weighted by molar-refractivity contribution is -0.121. The Morgan fingerprint density at radius 1 is 1.06 bits per heavy atom. The number of benzene rings is 2. The Labute approximate surface area is 199 Å². The number of carbonyl (C=O) groups excluding carboxylic acids is 2. The number of anilines is 1. The molecule has 34 heavy (non-hydrogen) atoms. The number of carbonyl (C=O) groups is 2. The van der Waals surface area contributed by atoms with E-state index in [2.05, 4.69) is 10.6 Å². The van der Waals surface area contributed by atoms with Crippen LogP contribution in [0.1, 0.15) is 42.3 Å². The van der Waals surface area contributed by atoms with E-state index >= 15 is 0 Å². The predicted molar refractivity (Wildman–Crippen MR) is 131 cm³/mol. The molecule has 2 heterocycles. The zero-order valence-corrected chi connectivity index (χ0v) is 19.9. The molecule has 1 aliphatic heterocycles. The maximum Gasteiger partial charge on any atom is 0.291 e. The van der Waals surface area contributed by atoms with E-state index in [9.17, 15) is 18.0 Å². The van der Waals surface area contributed by atoms with Crippen molar-refractivity contribution in [1.29, 1.82) is 0 Å². The number of amides is 2. The number of hydrogen-bond donors (Lipinski definition) is 2. The number of furan rings is 1. The van der Waals surface area contributed by atoms with Crippen LogP contribution in [0.15, 0.2) is 59.0 Å². The van der Waals surface area contributed by atoms with Crippen LogP contribution in [0.4, 0.5) is 5.69 Å². The Balaban J connectivity index is 1.26. The molecule has 0 spiro atoms. The number of fused-ring (bicyclic) bond motifs is 1. The summed E-state index contributed by atoms with van der Waals surface area (Å²) in [7, 11) is -3.19. The van der Waals surface area contributed by atoms with Gasteiger partial charge in [-0.05, 0) is 49.1 Å². The van der Waals surface area contributed by atoms with Gasteiger partial charge in [0.2, 0.25) is 15.9 Å². The van der Waals surface area contributed by atoms with Crippen LogP contribution >= 0.6 is 0 Å². The van der Waals surface area contributed by atoms with Gasteiger partial charge in [-0.25, -0.2) is 12.7 Å². The largest absolute Gasteiger partial charge is 0.451 e. The first-order valence-corrected chi connectivity index (χ1v) is 13.1. The third-order valence-corrected chi connectivity index (χ3v) is 7.98. The van der Waals surface area contributed by atoms with E-state index in [4.69, 9.17) is 4.42 Å². The van der Waals surface area contributed by atoms with Crippen molar-refractivity contribution < 1.29 is 22.4 Å². The first-order chi connectivity index (χ1) is 16.3. The lowest BCUT2D eigenvalue weighted by atomic mass is 10.1. The third-order valence-electron chi connectivity index (χ3n) is 5.90. The number of nitrogens with zero attached hydrogens (tertiary/aromatic N) is 1. The van der Waals surface area contributed by atoms with E-state index in [1.807, 2.05) is 31.2 Å². The number of nitrogens with one attached hydrogen (secondary N) is 2. The normalized spacial score (nSPS) is 15.3. The molecule has 0 atom stereocenters. The molecule has 0 aliphatic carbocycles. The molecule has 8 nitrogen and oxygen atoms in total. The second kappa shape index (κ2) is 10.4. The Morgan fingerprint density at radius 3 is 2.44 bits per heavy atom. The fraction of sp³-hybridized carbons (Fsp3) is 0.360. The average Bonchev–Trinajstić information content (AvgIpc) is 3.25. The van der Waals surface area contributed by atoms with Crippen molar-refractivity contribution in [3.8, 4) is 0 Å². The molecule has 2 N–H and O–H groups in total. The quantitative estimate of drug-likeness (QED) is 0.509. The summed E-state index contributed by atoms with van der Waals surface area (Å²) >= 11 is 0. The highest BCUT2D eigenvalue weighted by Gasteiger charge is 2.27. The highest BCUT2D eigenvalue weighted by atomic mass is 32.2. The number of piperidine rings is 1. The fourth-order valence-corrected chi connectivity index (χ4v) is 5.66. The Kier molecular flexibility index (Phi) is 7.33. The van der Waals surface area contributed by atoms with Crippen molar-refractivity contribution in [2.45, 2.75) is 38.6 Å². The van der Waals surface area contributed by atoms with Gasteiger partial charge in [0.15, 0.2) is 5.76 Å². The molecule has 1 fully saturated rings. The molecule has 1 aromatic heterocycles. The molecule has 4 rings (SSSR count). The fourth-order valence-electron chi connectivity index (χ4n) is 4.12. The van der Waals surface area contributed by atoms with Gasteiger partial charge in [0.05, 0.1) is 12.2 Å². The zero-order valence-electron chi connectivity index (χ0n) is 19.1. The van der Waals surface area contributed by atoms with Crippen LogP contribution in [0.3, 0.4) is 0 Å². The van der Waals surface area contributed by atoms with Crippen molar-refractivity contribution in [1.82, 2.24) is 9.62 Å². The van der Waals surface area contributed by atoms with Crippen LogP contribution in [0.25, 0.3) is 11.0 Å². The van der Waals surface area contributed by atoms with E-state index in [0.717, 1.165) is 10.9 Å².